The first kappa shape index (κ1) is 20.3. The molecule has 3 rings (SSSR count). The van der Waals surface area contributed by atoms with Crippen molar-refractivity contribution in [3.63, 3.8) is 0 Å². The van der Waals surface area contributed by atoms with Crippen molar-refractivity contribution in [2.45, 2.75) is 25.9 Å². The van der Waals surface area contributed by atoms with Crippen LogP contribution < -0.4 is 11.0 Å². The van der Waals surface area contributed by atoms with E-state index in [9.17, 15) is 19.5 Å². The van der Waals surface area contributed by atoms with Crippen molar-refractivity contribution >= 4 is 16.9 Å². The maximum Gasteiger partial charge on any atom is 0.306 e. The first-order valence-electron chi connectivity index (χ1n) is 8.89. The molecule has 2 N–H and O–H groups in total. The summed E-state index contributed by atoms with van der Waals surface area (Å²) in [4.78, 5) is 39.8. The van der Waals surface area contributed by atoms with Crippen molar-refractivity contribution in [2.75, 3.05) is 14.2 Å². The van der Waals surface area contributed by atoms with Crippen LogP contribution in [0.4, 0.5) is 0 Å². The molecule has 2 heterocycles. The van der Waals surface area contributed by atoms with Gasteiger partial charge in [-0.05, 0) is 30.0 Å². The van der Waals surface area contributed by atoms with Crippen LogP contribution in [0, 0.1) is 6.92 Å². The minimum Gasteiger partial charge on any atom is -0.502 e. The summed E-state index contributed by atoms with van der Waals surface area (Å²) in [6.45, 7) is 1.89. The van der Waals surface area contributed by atoms with Crippen molar-refractivity contribution < 1.29 is 23.8 Å². The summed E-state index contributed by atoms with van der Waals surface area (Å²) in [5, 5.41) is 11.1. The van der Waals surface area contributed by atoms with E-state index in [0.717, 1.165) is 17.0 Å². The summed E-state index contributed by atoms with van der Waals surface area (Å²) in [7, 11) is 2.64. The summed E-state index contributed by atoms with van der Waals surface area (Å²) in [6, 6.07) is 8.26. The van der Waals surface area contributed by atoms with Gasteiger partial charge in [0.05, 0.1) is 19.4 Å². The molecule has 0 aliphatic rings. The summed E-state index contributed by atoms with van der Waals surface area (Å²) >= 11 is 0. The topological polar surface area (TPSA) is 119 Å². The number of rotatable bonds is 6. The Balaban J connectivity index is 2.24. The van der Waals surface area contributed by atoms with Gasteiger partial charge < -0.3 is 24.0 Å². The van der Waals surface area contributed by atoms with Crippen molar-refractivity contribution in [1.29, 1.82) is 0 Å². The Hall–Kier alpha value is -3.39. The summed E-state index contributed by atoms with van der Waals surface area (Å²) in [5.74, 6) is -2.35. The number of benzene rings is 1. The molecule has 2 aromatic heterocycles. The molecule has 0 aliphatic carbocycles. The Labute approximate surface area is 165 Å². The Morgan fingerprint density at radius 2 is 1.97 bits per heavy atom. The van der Waals surface area contributed by atoms with E-state index in [0.29, 0.717) is 5.52 Å². The quantitative estimate of drug-likeness (QED) is 0.611. The number of pyridine rings is 1. The Kier molecular flexibility index (Phi) is 5.84. The third-order valence-corrected chi connectivity index (χ3v) is 4.61. The first-order valence-corrected chi connectivity index (χ1v) is 8.89. The maximum atomic E-state index is 12.8. The minimum absolute atomic E-state index is 0.0131. The van der Waals surface area contributed by atoms with Gasteiger partial charge in [-0.1, -0.05) is 12.1 Å². The number of fused-ring (bicyclic) bond motifs is 1. The van der Waals surface area contributed by atoms with E-state index < -0.39 is 28.6 Å². The van der Waals surface area contributed by atoms with E-state index in [1.807, 2.05) is 25.1 Å². The van der Waals surface area contributed by atoms with Gasteiger partial charge in [0.15, 0.2) is 5.76 Å². The minimum atomic E-state index is -1.03. The predicted molar refractivity (Wildman–Crippen MR) is 105 cm³/mol. The molecule has 8 heteroatoms. The second-order valence-electron chi connectivity index (χ2n) is 6.70. The van der Waals surface area contributed by atoms with E-state index in [4.69, 9.17) is 13.9 Å². The van der Waals surface area contributed by atoms with E-state index in [2.05, 4.69) is 4.98 Å². The monoisotopic (exact) mass is 399 g/mol. The highest BCUT2D eigenvalue weighted by Gasteiger charge is 2.29. The molecule has 0 unspecified atom stereocenters. The number of carbonyl (C=O) groups excluding carboxylic acids is 1. The van der Waals surface area contributed by atoms with E-state index in [1.54, 1.807) is 6.07 Å². The molecule has 152 valence electrons. The fourth-order valence-corrected chi connectivity index (χ4v) is 3.19. The third-order valence-electron chi connectivity index (χ3n) is 4.61. The lowest BCUT2D eigenvalue weighted by atomic mass is 9.92. The first-order chi connectivity index (χ1) is 13.8. The summed E-state index contributed by atoms with van der Waals surface area (Å²) < 4.78 is 15.4. The Morgan fingerprint density at radius 1 is 1.21 bits per heavy atom. The molecular weight excluding hydrogens is 378 g/mol. The molecule has 0 fully saturated rings. The number of esters is 1. The zero-order valence-electron chi connectivity index (χ0n) is 16.3. The van der Waals surface area contributed by atoms with Gasteiger partial charge in [-0.2, -0.15) is 0 Å². The molecule has 0 bridgehead atoms. The molecule has 3 aromatic rings. The number of methoxy groups -OCH3 is 2. The van der Waals surface area contributed by atoms with E-state index in [-0.39, 0.29) is 30.1 Å². The second-order valence-corrected chi connectivity index (χ2v) is 6.70. The predicted octanol–water partition coefficient (Wildman–Crippen LogP) is 2.34. The van der Waals surface area contributed by atoms with Crippen LogP contribution in [0.1, 0.15) is 35.0 Å². The summed E-state index contributed by atoms with van der Waals surface area (Å²) in [6.07, 6.45) is -0.302. The van der Waals surface area contributed by atoms with Crippen LogP contribution in [0.25, 0.3) is 10.9 Å². The molecular formula is C21H21NO7. The standard InChI is InChI=1S/C21H21NO7/c1-11-4-5-12-7-15(21(26)22-16(12)6-11)14(9-18(24)28-3)20-19(25)17(23)8-13(29-20)10-27-2/h4-8,14,25H,9-10H2,1-3H3,(H,22,26)/t14-/m0/s1. The fourth-order valence-electron chi connectivity index (χ4n) is 3.19. The molecule has 0 radical (unpaired) electrons. The fraction of sp³-hybridized carbons (Fsp3) is 0.286. The molecule has 0 spiro atoms. The highest BCUT2D eigenvalue weighted by Crippen LogP contribution is 2.33. The molecule has 1 atom stereocenters. The van der Waals surface area contributed by atoms with Crippen LogP contribution in [-0.2, 0) is 20.9 Å². The van der Waals surface area contributed by atoms with Crippen LogP contribution >= 0.6 is 0 Å². The molecule has 0 amide bonds. The molecule has 29 heavy (non-hydrogen) atoms. The van der Waals surface area contributed by atoms with Crippen LogP contribution in [0.5, 0.6) is 5.75 Å². The van der Waals surface area contributed by atoms with Gasteiger partial charge >= 0.3 is 5.97 Å². The van der Waals surface area contributed by atoms with Gasteiger partial charge in [0.25, 0.3) is 5.56 Å². The van der Waals surface area contributed by atoms with E-state index >= 15 is 0 Å². The number of carbonyl (C=O) groups is 1. The molecule has 8 nitrogen and oxygen atoms in total. The Morgan fingerprint density at radius 3 is 2.66 bits per heavy atom. The number of nitrogens with one attached hydrogen (secondary N) is 1. The lowest BCUT2D eigenvalue weighted by molar-refractivity contribution is -0.140. The van der Waals surface area contributed by atoms with Gasteiger partial charge in [-0.15, -0.1) is 0 Å². The largest absolute Gasteiger partial charge is 0.502 e. The number of hydrogen-bond donors (Lipinski definition) is 2. The van der Waals surface area contributed by atoms with Crippen molar-refractivity contribution in [1.82, 2.24) is 4.98 Å². The van der Waals surface area contributed by atoms with Crippen molar-refractivity contribution in [2.24, 2.45) is 0 Å². The van der Waals surface area contributed by atoms with Crippen LogP contribution in [0.15, 0.2) is 44.3 Å². The second kappa shape index (κ2) is 8.32. The SMILES string of the molecule is COCc1cc(=O)c(O)c([C@@H](CC(=O)OC)c2cc3ccc(C)cc3[nH]c2=O)o1. The highest BCUT2D eigenvalue weighted by atomic mass is 16.5. The van der Waals surface area contributed by atoms with Crippen molar-refractivity contribution in [3.05, 3.63) is 73.6 Å². The number of aromatic hydroxyl groups is 1. The molecule has 0 aliphatic heterocycles. The molecule has 1 aromatic carbocycles. The average molecular weight is 399 g/mol. The number of H-pyrrole nitrogens is 1. The molecule has 0 saturated heterocycles. The average Bonchev–Trinajstić information content (AvgIpc) is 2.68. The maximum absolute atomic E-state index is 12.8. The van der Waals surface area contributed by atoms with Gasteiger partial charge in [-0.3, -0.25) is 14.4 Å². The third kappa shape index (κ3) is 4.22. The number of aromatic amines is 1. The zero-order valence-corrected chi connectivity index (χ0v) is 16.3. The lowest BCUT2D eigenvalue weighted by Gasteiger charge is -2.17. The lowest BCUT2D eigenvalue weighted by Crippen LogP contribution is -2.21. The molecule has 0 saturated carbocycles. The number of aromatic nitrogens is 1. The smallest absolute Gasteiger partial charge is 0.306 e. The zero-order chi connectivity index (χ0) is 21.1. The van der Waals surface area contributed by atoms with Gasteiger partial charge in [-0.25, -0.2) is 0 Å². The van der Waals surface area contributed by atoms with E-state index in [1.165, 1.54) is 14.2 Å². The summed E-state index contributed by atoms with van der Waals surface area (Å²) in [5.41, 5.74) is 0.620. The van der Waals surface area contributed by atoms with Crippen molar-refractivity contribution in [3.8, 4) is 5.75 Å². The highest BCUT2D eigenvalue weighted by molar-refractivity contribution is 5.80. The van der Waals surface area contributed by atoms with Crippen LogP contribution in [-0.4, -0.2) is 30.3 Å². The number of aryl methyl sites for hydroxylation is 1. The van der Waals surface area contributed by atoms with Gasteiger partial charge in [0.2, 0.25) is 11.2 Å². The van der Waals surface area contributed by atoms with Gasteiger partial charge in [0.1, 0.15) is 12.4 Å². The number of ether oxygens (including phenoxy) is 2. The number of hydrogen-bond acceptors (Lipinski definition) is 7. The normalized spacial score (nSPS) is 12.1. The van der Waals surface area contributed by atoms with Crippen LogP contribution in [0.3, 0.4) is 0 Å². The van der Waals surface area contributed by atoms with Gasteiger partial charge in [0, 0.05) is 24.3 Å². The van der Waals surface area contributed by atoms with Crippen LogP contribution in [0.2, 0.25) is 0 Å². The Bertz CT molecular complexity index is 1180.